The quantitative estimate of drug-likeness (QED) is 0.498. The van der Waals surface area contributed by atoms with E-state index in [0.717, 1.165) is 24.3 Å². The molecule has 0 radical (unpaired) electrons. The van der Waals surface area contributed by atoms with Gasteiger partial charge < -0.3 is 5.11 Å². The molecule has 0 spiro atoms. The van der Waals surface area contributed by atoms with Gasteiger partial charge in [-0.3, -0.25) is 25.0 Å². The van der Waals surface area contributed by atoms with E-state index in [1.807, 2.05) is 0 Å². The van der Waals surface area contributed by atoms with E-state index < -0.39 is 39.0 Å². The number of carbonyl (C=O) groups excluding carboxylic acids is 1. The molecule has 1 N–H and O–H groups in total. The SMILES string of the molecule is CC(=O)c1ccc(F)c([N+](=O)[O-])c1.CC(O)c1ccc(F)c([N+](=O)[O-])c1. The van der Waals surface area contributed by atoms with Crippen LogP contribution in [-0.4, -0.2) is 20.7 Å². The molecule has 0 heterocycles. The second-order valence-electron chi connectivity index (χ2n) is 5.12. The largest absolute Gasteiger partial charge is 0.389 e. The topological polar surface area (TPSA) is 124 Å². The molecule has 0 amide bonds. The lowest BCUT2D eigenvalue weighted by molar-refractivity contribution is -0.387. The predicted molar refractivity (Wildman–Crippen MR) is 86.7 cm³/mol. The van der Waals surface area contributed by atoms with Crippen molar-refractivity contribution in [1.29, 1.82) is 0 Å². The Labute approximate surface area is 146 Å². The van der Waals surface area contributed by atoms with Gasteiger partial charge in [0.25, 0.3) is 0 Å². The number of aliphatic hydroxyl groups is 1. The summed E-state index contributed by atoms with van der Waals surface area (Å²) >= 11 is 0. The van der Waals surface area contributed by atoms with Gasteiger partial charge in [0.15, 0.2) is 5.78 Å². The lowest BCUT2D eigenvalue weighted by atomic mass is 10.1. The van der Waals surface area contributed by atoms with Gasteiger partial charge in [-0.1, -0.05) is 6.07 Å². The van der Waals surface area contributed by atoms with E-state index in [1.165, 1.54) is 26.0 Å². The lowest BCUT2D eigenvalue weighted by Gasteiger charge is -2.03. The van der Waals surface area contributed by atoms with E-state index in [-0.39, 0.29) is 11.3 Å². The van der Waals surface area contributed by atoms with Gasteiger partial charge in [0.05, 0.1) is 16.0 Å². The molecule has 1 unspecified atom stereocenters. The Kier molecular flexibility index (Phi) is 6.96. The molecule has 0 fully saturated rings. The molecule has 138 valence electrons. The molecule has 10 heteroatoms. The van der Waals surface area contributed by atoms with Gasteiger partial charge in [-0.25, -0.2) is 0 Å². The Morgan fingerprint density at radius 3 is 1.88 bits per heavy atom. The molecule has 2 aromatic rings. The number of nitro groups is 2. The molecular weight excluding hydrogens is 354 g/mol. The van der Waals surface area contributed by atoms with Crippen LogP contribution in [-0.2, 0) is 0 Å². The third-order valence-corrected chi connectivity index (χ3v) is 3.20. The summed E-state index contributed by atoms with van der Waals surface area (Å²) in [6.45, 7) is 2.72. The van der Waals surface area contributed by atoms with Crippen LogP contribution in [0.1, 0.15) is 35.9 Å². The molecule has 8 nitrogen and oxygen atoms in total. The van der Waals surface area contributed by atoms with Crippen LogP contribution in [0.2, 0.25) is 0 Å². The molecule has 0 saturated carbocycles. The highest BCUT2D eigenvalue weighted by Crippen LogP contribution is 2.22. The Morgan fingerprint density at radius 1 is 1.00 bits per heavy atom. The van der Waals surface area contributed by atoms with Gasteiger partial charge in [0.2, 0.25) is 11.6 Å². The molecule has 1 atom stereocenters. The summed E-state index contributed by atoms with van der Waals surface area (Å²) in [4.78, 5) is 29.6. The standard InChI is InChI=1S/C8H8FNO3.C8H6FNO3/c2*1-5(11)6-2-3-7(9)8(4-6)10(12)13/h2-5,11H,1H3;2-4H,1H3. The molecule has 0 aliphatic rings. The minimum atomic E-state index is -0.935. The molecule has 2 aromatic carbocycles. The Morgan fingerprint density at radius 2 is 1.46 bits per heavy atom. The molecule has 0 aliphatic heterocycles. The maximum atomic E-state index is 12.8. The Bertz CT molecular complexity index is 855. The van der Waals surface area contributed by atoms with Crippen LogP contribution in [0.15, 0.2) is 36.4 Å². The van der Waals surface area contributed by atoms with E-state index in [2.05, 4.69) is 0 Å². The molecule has 0 saturated heterocycles. The van der Waals surface area contributed by atoms with E-state index in [0.29, 0.717) is 5.56 Å². The number of ketones is 1. The normalized spacial score (nSPS) is 11.1. The van der Waals surface area contributed by atoms with Crippen molar-refractivity contribution in [1.82, 2.24) is 0 Å². The first-order valence-corrected chi connectivity index (χ1v) is 7.11. The predicted octanol–water partition coefficient (Wildman–Crippen LogP) is 3.72. The number of nitrogens with zero attached hydrogens (tertiary/aromatic N) is 2. The first kappa shape index (κ1) is 20.8. The minimum absolute atomic E-state index is 0.133. The van der Waals surface area contributed by atoms with E-state index >= 15 is 0 Å². The summed E-state index contributed by atoms with van der Waals surface area (Å²) in [5.41, 5.74) is -0.827. The molecule has 2 rings (SSSR count). The highest BCUT2D eigenvalue weighted by Gasteiger charge is 2.16. The van der Waals surface area contributed by atoms with Crippen LogP contribution in [0.3, 0.4) is 0 Å². The average Bonchev–Trinajstić information content (AvgIpc) is 2.55. The average molecular weight is 368 g/mol. The molecule has 0 aliphatic carbocycles. The zero-order valence-electron chi connectivity index (χ0n) is 13.7. The van der Waals surface area contributed by atoms with Crippen molar-refractivity contribution in [2.45, 2.75) is 20.0 Å². The first-order chi connectivity index (χ1) is 12.0. The van der Waals surface area contributed by atoms with Gasteiger partial charge in [-0.05, 0) is 37.6 Å². The van der Waals surface area contributed by atoms with Crippen LogP contribution in [0.4, 0.5) is 20.2 Å². The summed E-state index contributed by atoms with van der Waals surface area (Å²) in [7, 11) is 0. The Balaban J connectivity index is 0.000000260. The molecule has 26 heavy (non-hydrogen) atoms. The van der Waals surface area contributed by atoms with Crippen LogP contribution in [0.25, 0.3) is 0 Å². The second-order valence-corrected chi connectivity index (χ2v) is 5.12. The maximum absolute atomic E-state index is 12.8. The number of aliphatic hydroxyl groups excluding tert-OH is 1. The van der Waals surface area contributed by atoms with Gasteiger partial charge in [-0.15, -0.1) is 0 Å². The van der Waals surface area contributed by atoms with E-state index in [1.54, 1.807) is 0 Å². The summed E-state index contributed by atoms with van der Waals surface area (Å²) < 4.78 is 25.5. The van der Waals surface area contributed by atoms with Gasteiger partial charge in [0.1, 0.15) is 0 Å². The number of rotatable bonds is 4. The fraction of sp³-hybridized carbons (Fsp3) is 0.188. The summed E-state index contributed by atoms with van der Waals surface area (Å²) in [6, 6.07) is 6.37. The zero-order valence-corrected chi connectivity index (χ0v) is 13.7. The van der Waals surface area contributed by atoms with Crippen molar-refractivity contribution in [2.75, 3.05) is 0 Å². The third-order valence-electron chi connectivity index (χ3n) is 3.20. The number of hydrogen-bond donors (Lipinski definition) is 1. The van der Waals surface area contributed by atoms with Crippen molar-refractivity contribution >= 4 is 17.2 Å². The number of Topliss-reactive ketones (excluding diaryl/α,β-unsaturated/α-hetero) is 1. The summed E-state index contributed by atoms with van der Waals surface area (Å²) in [6.07, 6.45) is -0.834. The monoisotopic (exact) mass is 368 g/mol. The Hall–Kier alpha value is -3.27. The number of hydrogen-bond acceptors (Lipinski definition) is 6. The second kappa shape index (κ2) is 8.72. The van der Waals surface area contributed by atoms with E-state index in [4.69, 9.17) is 5.11 Å². The number of carbonyl (C=O) groups is 1. The minimum Gasteiger partial charge on any atom is -0.389 e. The smallest absolute Gasteiger partial charge is 0.305 e. The van der Waals surface area contributed by atoms with Crippen LogP contribution >= 0.6 is 0 Å². The highest BCUT2D eigenvalue weighted by molar-refractivity contribution is 5.94. The lowest BCUT2D eigenvalue weighted by Crippen LogP contribution is -1.97. The van der Waals surface area contributed by atoms with Gasteiger partial charge in [-0.2, -0.15) is 8.78 Å². The summed E-state index contributed by atoms with van der Waals surface area (Å²) in [5, 5.41) is 29.6. The molecular formula is C16H14F2N2O6. The fourth-order valence-electron chi connectivity index (χ4n) is 1.80. The molecule has 0 bridgehead atoms. The summed E-state index contributed by atoms with van der Waals surface area (Å²) in [5.74, 6) is -2.16. The van der Waals surface area contributed by atoms with Crippen molar-refractivity contribution in [3.63, 3.8) is 0 Å². The number of nitro benzene ring substituents is 2. The van der Waals surface area contributed by atoms with Gasteiger partial charge >= 0.3 is 11.4 Å². The van der Waals surface area contributed by atoms with E-state index in [9.17, 15) is 33.8 Å². The van der Waals surface area contributed by atoms with Crippen molar-refractivity contribution < 1.29 is 28.5 Å². The van der Waals surface area contributed by atoms with Crippen molar-refractivity contribution in [3.8, 4) is 0 Å². The highest BCUT2D eigenvalue weighted by atomic mass is 19.1. The van der Waals surface area contributed by atoms with Crippen molar-refractivity contribution in [3.05, 3.63) is 79.4 Å². The van der Waals surface area contributed by atoms with Crippen LogP contribution < -0.4 is 0 Å². The number of halogens is 2. The number of benzene rings is 2. The van der Waals surface area contributed by atoms with Crippen LogP contribution in [0, 0.1) is 31.9 Å². The molecule has 0 aromatic heterocycles. The first-order valence-electron chi connectivity index (χ1n) is 7.11. The maximum Gasteiger partial charge on any atom is 0.305 e. The zero-order chi connectivity index (χ0) is 20.0. The van der Waals surface area contributed by atoms with Gasteiger partial charge in [0, 0.05) is 17.7 Å². The third kappa shape index (κ3) is 5.38. The fourth-order valence-corrected chi connectivity index (χ4v) is 1.80. The van der Waals surface area contributed by atoms with Crippen LogP contribution in [0.5, 0.6) is 0 Å². The van der Waals surface area contributed by atoms with Crippen molar-refractivity contribution in [2.24, 2.45) is 0 Å².